The molecule has 1 atom stereocenters. The molecule has 0 aliphatic carbocycles. The average Bonchev–Trinajstić information content (AvgIpc) is 2.29. The monoisotopic (exact) mass is 242 g/mol. The zero-order valence-corrected chi connectivity index (χ0v) is 9.34. The Morgan fingerprint density at radius 2 is 2.31 bits per heavy atom. The number of nitriles is 1. The predicted molar refractivity (Wildman–Crippen MR) is 59.5 cm³/mol. The van der Waals surface area contributed by atoms with Crippen molar-refractivity contribution in [3.8, 4) is 6.07 Å². The Hall–Kier alpha value is -1.15. The van der Waals surface area contributed by atoms with Crippen molar-refractivity contribution >= 4 is 11.6 Å². The van der Waals surface area contributed by atoms with Crippen molar-refractivity contribution in [2.45, 2.75) is 12.5 Å². The second kappa shape index (κ2) is 6.44. The quantitative estimate of drug-likeness (QED) is 0.777. The molecule has 0 aliphatic heterocycles. The van der Waals surface area contributed by atoms with E-state index in [1.54, 1.807) is 0 Å². The number of benzene rings is 1. The second-order valence-electron chi connectivity index (χ2n) is 3.27. The number of rotatable bonds is 5. The fraction of sp³-hybridized carbons (Fsp3) is 0.364. The van der Waals surface area contributed by atoms with Crippen molar-refractivity contribution in [1.82, 2.24) is 5.32 Å². The Labute approximate surface area is 98.5 Å². The van der Waals surface area contributed by atoms with Gasteiger partial charge in [-0.05, 0) is 30.7 Å². The zero-order valence-electron chi connectivity index (χ0n) is 8.58. The van der Waals surface area contributed by atoms with Crippen LogP contribution in [0.3, 0.4) is 0 Å². The molecular weight excluding hydrogens is 231 g/mol. The molecule has 1 unspecified atom stereocenters. The van der Waals surface area contributed by atoms with Crippen LogP contribution in [-0.4, -0.2) is 18.3 Å². The molecule has 0 aliphatic rings. The van der Waals surface area contributed by atoms with Crippen molar-refractivity contribution in [3.63, 3.8) is 0 Å². The van der Waals surface area contributed by atoms with Crippen LogP contribution in [0.1, 0.15) is 18.0 Å². The maximum absolute atomic E-state index is 12.9. The standard InChI is InChI=1S/C11H12ClFN2O/c12-9-6-8(2-3-10(9)13)11(7-14)15-4-1-5-16/h2-3,6,11,15-16H,1,4-5H2. The average molecular weight is 243 g/mol. The molecule has 0 aromatic heterocycles. The topological polar surface area (TPSA) is 56.0 Å². The molecule has 0 heterocycles. The first-order valence-electron chi connectivity index (χ1n) is 4.88. The Bertz CT molecular complexity index is 392. The molecule has 0 saturated carbocycles. The van der Waals surface area contributed by atoms with Crippen molar-refractivity contribution in [2.75, 3.05) is 13.2 Å². The van der Waals surface area contributed by atoms with E-state index in [1.165, 1.54) is 18.2 Å². The summed E-state index contributed by atoms with van der Waals surface area (Å²) in [5, 5.41) is 20.5. The predicted octanol–water partition coefficient (Wildman–Crippen LogP) is 2.02. The first kappa shape index (κ1) is 12.9. The van der Waals surface area contributed by atoms with E-state index >= 15 is 0 Å². The zero-order chi connectivity index (χ0) is 12.0. The molecule has 0 amide bonds. The summed E-state index contributed by atoms with van der Waals surface area (Å²) in [6.07, 6.45) is 0.563. The largest absolute Gasteiger partial charge is 0.396 e. The third-order valence-electron chi connectivity index (χ3n) is 2.09. The summed E-state index contributed by atoms with van der Waals surface area (Å²) in [4.78, 5) is 0. The molecule has 0 radical (unpaired) electrons. The molecule has 5 heteroatoms. The van der Waals surface area contributed by atoms with Crippen LogP contribution in [0.15, 0.2) is 18.2 Å². The normalized spacial score (nSPS) is 12.1. The lowest BCUT2D eigenvalue weighted by atomic mass is 10.1. The molecule has 1 aromatic rings. The van der Waals surface area contributed by atoms with Gasteiger partial charge in [0.05, 0.1) is 11.1 Å². The van der Waals surface area contributed by atoms with E-state index < -0.39 is 11.9 Å². The highest BCUT2D eigenvalue weighted by Gasteiger charge is 2.11. The minimum absolute atomic E-state index is 0.00158. The van der Waals surface area contributed by atoms with Gasteiger partial charge in [0.1, 0.15) is 11.9 Å². The van der Waals surface area contributed by atoms with Gasteiger partial charge in [-0.1, -0.05) is 17.7 Å². The number of hydrogen-bond acceptors (Lipinski definition) is 3. The smallest absolute Gasteiger partial charge is 0.141 e. The van der Waals surface area contributed by atoms with Crippen LogP contribution in [-0.2, 0) is 0 Å². The van der Waals surface area contributed by atoms with E-state index in [4.69, 9.17) is 22.0 Å². The first-order chi connectivity index (χ1) is 7.69. The van der Waals surface area contributed by atoms with Crippen LogP contribution in [0.2, 0.25) is 5.02 Å². The molecule has 0 saturated heterocycles. The maximum atomic E-state index is 12.9. The molecule has 16 heavy (non-hydrogen) atoms. The minimum atomic E-state index is -0.537. The second-order valence-corrected chi connectivity index (χ2v) is 3.67. The Kier molecular flexibility index (Phi) is 5.20. The third kappa shape index (κ3) is 3.46. The summed E-state index contributed by atoms with van der Waals surface area (Å²) in [6, 6.07) is 5.69. The van der Waals surface area contributed by atoms with Crippen LogP contribution >= 0.6 is 11.6 Å². The summed E-state index contributed by atoms with van der Waals surface area (Å²) in [7, 11) is 0. The third-order valence-corrected chi connectivity index (χ3v) is 2.38. The van der Waals surface area contributed by atoms with Gasteiger partial charge in [0.15, 0.2) is 0 Å². The lowest BCUT2D eigenvalue weighted by Crippen LogP contribution is -2.21. The minimum Gasteiger partial charge on any atom is -0.396 e. The number of aliphatic hydroxyl groups excluding tert-OH is 1. The molecule has 86 valence electrons. The van der Waals surface area contributed by atoms with Gasteiger partial charge in [-0.3, -0.25) is 5.32 Å². The van der Waals surface area contributed by atoms with Crippen LogP contribution in [0.4, 0.5) is 4.39 Å². The molecule has 0 bridgehead atoms. The molecule has 0 spiro atoms. The number of nitrogens with zero attached hydrogens (tertiary/aromatic N) is 1. The summed E-state index contributed by atoms with van der Waals surface area (Å²) < 4.78 is 12.9. The van der Waals surface area contributed by atoms with Crippen molar-refractivity contribution in [3.05, 3.63) is 34.6 Å². The van der Waals surface area contributed by atoms with E-state index in [-0.39, 0.29) is 11.6 Å². The molecule has 2 N–H and O–H groups in total. The van der Waals surface area contributed by atoms with E-state index in [9.17, 15) is 4.39 Å². The van der Waals surface area contributed by atoms with Crippen molar-refractivity contribution < 1.29 is 9.50 Å². The highest BCUT2D eigenvalue weighted by Crippen LogP contribution is 2.20. The number of halogens is 2. The number of hydrogen-bond donors (Lipinski definition) is 2. The maximum Gasteiger partial charge on any atom is 0.141 e. The van der Waals surface area contributed by atoms with Crippen molar-refractivity contribution in [1.29, 1.82) is 5.26 Å². The van der Waals surface area contributed by atoms with Crippen LogP contribution < -0.4 is 5.32 Å². The molecule has 0 fully saturated rings. The van der Waals surface area contributed by atoms with Gasteiger partial charge in [-0.2, -0.15) is 5.26 Å². The lowest BCUT2D eigenvalue weighted by Gasteiger charge is -2.11. The molecule has 3 nitrogen and oxygen atoms in total. The first-order valence-corrected chi connectivity index (χ1v) is 5.25. The highest BCUT2D eigenvalue weighted by molar-refractivity contribution is 6.30. The van der Waals surface area contributed by atoms with Crippen LogP contribution in [0.5, 0.6) is 0 Å². The number of aliphatic hydroxyl groups is 1. The molecule has 1 rings (SSSR count). The van der Waals surface area contributed by atoms with E-state index in [0.29, 0.717) is 18.5 Å². The van der Waals surface area contributed by atoms with Crippen LogP contribution in [0.25, 0.3) is 0 Å². The Morgan fingerprint density at radius 1 is 1.56 bits per heavy atom. The Balaban J connectivity index is 2.72. The van der Waals surface area contributed by atoms with Gasteiger partial charge in [0, 0.05) is 6.61 Å². The fourth-order valence-corrected chi connectivity index (χ4v) is 1.44. The van der Waals surface area contributed by atoms with Crippen LogP contribution in [0, 0.1) is 17.1 Å². The lowest BCUT2D eigenvalue weighted by molar-refractivity contribution is 0.285. The van der Waals surface area contributed by atoms with Gasteiger partial charge in [-0.25, -0.2) is 4.39 Å². The van der Waals surface area contributed by atoms with E-state index in [0.717, 1.165) is 0 Å². The highest BCUT2D eigenvalue weighted by atomic mass is 35.5. The summed E-state index contributed by atoms with van der Waals surface area (Å²) in [6.45, 7) is 0.582. The van der Waals surface area contributed by atoms with E-state index in [1.807, 2.05) is 0 Å². The van der Waals surface area contributed by atoms with Crippen molar-refractivity contribution in [2.24, 2.45) is 0 Å². The van der Waals surface area contributed by atoms with E-state index in [2.05, 4.69) is 11.4 Å². The van der Waals surface area contributed by atoms with Gasteiger partial charge in [0.25, 0.3) is 0 Å². The molecular formula is C11H12ClFN2O. The number of nitrogens with one attached hydrogen (secondary N) is 1. The molecule has 1 aromatic carbocycles. The summed E-state index contributed by atoms with van der Waals surface area (Å²) in [5.41, 5.74) is 0.617. The Morgan fingerprint density at radius 3 is 2.88 bits per heavy atom. The van der Waals surface area contributed by atoms with Gasteiger partial charge < -0.3 is 5.11 Å². The summed E-state index contributed by atoms with van der Waals surface area (Å²) >= 11 is 5.62. The van der Waals surface area contributed by atoms with Gasteiger partial charge >= 0.3 is 0 Å². The summed E-state index contributed by atoms with van der Waals surface area (Å²) in [5.74, 6) is -0.502. The van der Waals surface area contributed by atoms with Gasteiger partial charge in [-0.15, -0.1) is 0 Å². The SMILES string of the molecule is N#CC(NCCCO)c1ccc(F)c(Cl)c1. The fourth-order valence-electron chi connectivity index (χ4n) is 1.26. The van der Waals surface area contributed by atoms with Gasteiger partial charge in [0.2, 0.25) is 0 Å².